The summed E-state index contributed by atoms with van der Waals surface area (Å²) in [5, 5.41) is 0. The zero-order valence-electron chi connectivity index (χ0n) is 11.0. The molecule has 0 aliphatic heterocycles. The Kier molecular flexibility index (Phi) is 3.75. The van der Waals surface area contributed by atoms with Crippen LogP contribution in [0.5, 0.6) is 5.75 Å². The summed E-state index contributed by atoms with van der Waals surface area (Å²) in [5.41, 5.74) is 6.95. The fourth-order valence-electron chi connectivity index (χ4n) is 1.99. The van der Waals surface area contributed by atoms with Gasteiger partial charge in [-0.15, -0.1) is 0 Å². The molecule has 1 aromatic rings. The minimum Gasteiger partial charge on any atom is -0.495 e. The van der Waals surface area contributed by atoms with Crippen molar-refractivity contribution in [2.75, 3.05) is 25.9 Å². The minimum atomic E-state index is 0.0581. The van der Waals surface area contributed by atoms with Crippen molar-refractivity contribution in [3.8, 4) is 5.75 Å². The molecule has 0 heterocycles. The lowest BCUT2D eigenvalue weighted by molar-refractivity contribution is 0.0756. The van der Waals surface area contributed by atoms with Crippen molar-refractivity contribution in [1.29, 1.82) is 0 Å². The van der Waals surface area contributed by atoms with Crippen LogP contribution in [0.2, 0.25) is 0 Å². The molecule has 1 saturated carbocycles. The van der Waals surface area contributed by atoms with Gasteiger partial charge in [-0.05, 0) is 43.9 Å². The molecular formula is C14H20N2O2. The number of rotatable bonds is 5. The second kappa shape index (κ2) is 5.29. The van der Waals surface area contributed by atoms with Gasteiger partial charge in [-0.2, -0.15) is 0 Å². The Hall–Kier alpha value is -1.71. The molecule has 98 valence electrons. The molecule has 2 N–H and O–H groups in total. The molecule has 0 saturated heterocycles. The third-order valence-electron chi connectivity index (χ3n) is 3.32. The lowest BCUT2D eigenvalue weighted by Crippen LogP contribution is -2.32. The summed E-state index contributed by atoms with van der Waals surface area (Å²) in [6.45, 7) is 3.61. The first-order chi connectivity index (χ1) is 8.65. The number of hydrogen-bond donors (Lipinski definition) is 1. The molecule has 0 bridgehead atoms. The highest BCUT2D eigenvalue weighted by Gasteiger charge is 2.26. The summed E-state index contributed by atoms with van der Waals surface area (Å²) in [5.74, 6) is 1.32. The summed E-state index contributed by atoms with van der Waals surface area (Å²) >= 11 is 0. The van der Waals surface area contributed by atoms with E-state index in [0.29, 0.717) is 22.9 Å². The third-order valence-corrected chi connectivity index (χ3v) is 3.32. The van der Waals surface area contributed by atoms with E-state index in [0.717, 1.165) is 13.1 Å². The van der Waals surface area contributed by atoms with Gasteiger partial charge in [-0.25, -0.2) is 0 Å². The lowest BCUT2D eigenvalue weighted by Gasteiger charge is -2.21. The number of anilines is 1. The molecule has 1 aliphatic rings. The summed E-state index contributed by atoms with van der Waals surface area (Å²) in [4.78, 5) is 14.2. The minimum absolute atomic E-state index is 0.0581. The number of carbonyl (C=O) groups excluding carboxylic acids is 1. The number of benzene rings is 1. The highest BCUT2D eigenvalue weighted by Crippen LogP contribution is 2.30. The lowest BCUT2D eigenvalue weighted by atomic mass is 10.1. The summed E-state index contributed by atoms with van der Waals surface area (Å²) < 4.78 is 5.15. The van der Waals surface area contributed by atoms with Crippen LogP contribution >= 0.6 is 0 Å². The number of nitrogen functional groups attached to an aromatic ring is 1. The number of nitrogens with two attached hydrogens (primary N) is 1. The summed E-state index contributed by atoms with van der Waals surface area (Å²) in [7, 11) is 1.56. The van der Waals surface area contributed by atoms with Crippen molar-refractivity contribution in [2.45, 2.75) is 19.8 Å². The molecule has 0 radical (unpaired) electrons. The average molecular weight is 248 g/mol. The maximum absolute atomic E-state index is 12.3. The molecule has 1 amide bonds. The maximum Gasteiger partial charge on any atom is 0.253 e. The van der Waals surface area contributed by atoms with Gasteiger partial charge in [0, 0.05) is 18.7 Å². The highest BCUT2D eigenvalue weighted by atomic mass is 16.5. The van der Waals surface area contributed by atoms with Crippen LogP contribution in [0.15, 0.2) is 18.2 Å². The number of carbonyl (C=O) groups is 1. The predicted molar refractivity (Wildman–Crippen MR) is 71.7 cm³/mol. The number of ether oxygens (including phenoxy) is 1. The monoisotopic (exact) mass is 248 g/mol. The Morgan fingerprint density at radius 3 is 2.78 bits per heavy atom. The van der Waals surface area contributed by atoms with Gasteiger partial charge in [0.05, 0.1) is 12.8 Å². The number of hydrogen-bond acceptors (Lipinski definition) is 3. The van der Waals surface area contributed by atoms with E-state index < -0.39 is 0 Å². The molecule has 4 heteroatoms. The fraction of sp³-hybridized carbons (Fsp3) is 0.500. The number of methoxy groups -OCH3 is 1. The Labute approximate surface area is 108 Å². The molecule has 2 rings (SSSR count). The van der Waals surface area contributed by atoms with E-state index in [2.05, 4.69) is 0 Å². The SMILES string of the molecule is CCN(CC1CC1)C(=O)c1ccc(N)c(OC)c1. The molecule has 1 aromatic carbocycles. The van der Waals surface area contributed by atoms with E-state index in [1.54, 1.807) is 25.3 Å². The van der Waals surface area contributed by atoms with Crippen LogP contribution in [0, 0.1) is 5.92 Å². The van der Waals surface area contributed by atoms with Crippen LogP contribution in [-0.4, -0.2) is 31.0 Å². The van der Waals surface area contributed by atoms with Crippen LogP contribution in [-0.2, 0) is 0 Å². The van der Waals surface area contributed by atoms with Crippen LogP contribution in [0.25, 0.3) is 0 Å². The number of amides is 1. The van der Waals surface area contributed by atoms with E-state index in [-0.39, 0.29) is 5.91 Å². The van der Waals surface area contributed by atoms with E-state index in [4.69, 9.17) is 10.5 Å². The molecule has 0 aromatic heterocycles. The van der Waals surface area contributed by atoms with Gasteiger partial charge in [0.15, 0.2) is 0 Å². The van der Waals surface area contributed by atoms with E-state index >= 15 is 0 Å². The largest absolute Gasteiger partial charge is 0.495 e. The Morgan fingerprint density at radius 1 is 1.50 bits per heavy atom. The average Bonchev–Trinajstić information content (AvgIpc) is 3.19. The summed E-state index contributed by atoms with van der Waals surface area (Å²) in [6, 6.07) is 5.19. The van der Waals surface area contributed by atoms with Gasteiger partial charge in [-0.1, -0.05) is 0 Å². The zero-order chi connectivity index (χ0) is 13.1. The molecule has 0 unspecified atom stereocenters. The van der Waals surface area contributed by atoms with Gasteiger partial charge in [0.25, 0.3) is 5.91 Å². The predicted octanol–water partition coefficient (Wildman–Crippen LogP) is 2.15. The van der Waals surface area contributed by atoms with Crippen LogP contribution in [0.4, 0.5) is 5.69 Å². The van der Waals surface area contributed by atoms with Crippen molar-refractivity contribution in [1.82, 2.24) is 4.90 Å². The van der Waals surface area contributed by atoms with Gasteiger partial charge < -0.3 is 15.4 Å². The first kappa shape index (κ1) is 12.7. The highest BCUT2D eigenvalue weighted by molar-refractivity contribution is 5.95. The van der Waals surface area contributed by atoms with Gasteiger partial charge in [0.1, 0.15) is 5.75 Å². The Morgan fingerprint density at radius 2 is 2.22 bits per heavy atom. The van der Waals surface area contributed by atoms with Crippen LogP contribution in [0.1, 0.15) is 30.1 Å². The molecular weight excluding hydrogens is 228 g/mol. The fourth-order valence-corrected chi connectivity index (χ4v) is 1.99. The molecule has 1 fully saturated rings. The van der Waals surface area contributed by atoms with Crippen molar-refractivity contribution in [3.63, 3.8) is 0 Å². The van der Waals surface area contributed by atoms with Crippen molar-refractivity contribution in [2.24, 2.45) is 5.92 Å². The standard InChI is InChI=1S/C14H20N2O2/c1-3-16(9-10-4-5-10)14(17)11-6-7-12(15)13(8-11)18-2/h6-8,10H,3-5,9,15H2,1-2H3. The molecule has 1 aliphatic carbocycles. The maximum atomic E-state index is 12.3. The van der Waals surface area contributed by atoms with E-state index in [9.17, 15) is 4.79 Å². The van der Waals surface area contributed by atoms with Crippen molar-refractivity contribution >= 4 is 11.6 Å². The van der Waals surface area contributed by atoms with Crippen molar-refractivity contribution < 1.29 is 9.53 Å². The Bertz CT molecular complexity index is 441. The second-order valence-electron chi connectivity index (χ2n) is 4.74. The Balaban J connectivity index is 2.15. The van der Waals surface area contributed by atoms with E-state index in [1.165, 1.54) is 12.8 Å². The quantitative estimate of drug-likeness (QED) is 0.812. The zero-order valence-corrected chi connectivity index (χ0v) is 11.0. The van der Waals surface area contributed by atoms with Gasteiger partial charge >= 0.3 is 0 Å². The van der Waals surface area contributed by atoms with Crippen LogP contribution in [0.3, 0.4) is 0 Å². The smallest absolute Gasteiger partial charge is 0.253 e. The molecule has 18 heavy (non-hydrogen) atoms. The topological polar surface area (TPSA) is 55.6 Å². The third kappa shape index (κ3) is 2.75. The molecule has 0 spiro atoms. The van der Waals surface area contributed by atoms with Crippen LogP contribution < -0.4 is 10.5 Å². The normalized spacial score (nSPS) is 14.3. The van der Waals surface area contributed by atoms with Gasteiger partial charge in [0.2, 0.25) is 0 Å². The first-order valence-electron chi connectivity index (χ1n) is 6.38. The van der Waals surface area contributed by atoms with E-state index in [1.807, 2.05) is 11.8 Å². The number of nitrogens with zero attached hydrogens (tertiary/aromatic N) is 1. The second-order valence-corrected chi connectivity index (χ2v) is 4.74. The first-order valence-corrected chi connectivity index (χ1v) is 6.38. The van der Waals surface area contributed by atoms with Gasteiger partial charge in [-0.3, -0.25) is 4.79 Å². The molecule has 0 atom stereocenters. The van der Waals surface area contributed by atoms with Crippen molar-refractivity contribution in [3.05, 3.63) is 23.8 Å². The molecule has 4 nitrogen and oxygen atoms in total. The summed E-state index contributed by atoms with van der Waals surface area (Å²) in [6.07, 6.45) is 2.49.